The number of piperidine rings is 1. The van der Waals surface area contributed by atoms with Crippen LogP contribution in [0.1, 0.15) is 18.4 Å². The zero-order chi connectivity index (χ0) is 12.8. The quantitative estimate of drug-likeness (QED) is 0.750. The lowest BCUT2D eigenvalue weighted by Gasteiger charge is -2.31. The number of benzene rings is 1. The zero-order valence-electron chi connectivity index (χ0n) is 9.77. The van der Waals surface area contributed by atoms with E-state index < -0.39 is 11.8 Å². The summed E-state index contributed by atoms with van der Waals surface area (Å²) in [5.41, 5.74) is 0.192. The van der Waals surface area contributed by atoms with Crippen LogP contribution in [0.25, 0.3) is 0 Å². The lowest BCUT2D eigenvalue weighted by Crippen LogP contribution is -2.45. The number of rotatable bonds is 1. The van der Waals surface area contributed by atoms with Gasteiger partial charge in [0.2, 0.25) is 0 Å². The van der Waals surface area contributed by atoms with Gasteiger partial charge >= 0.3 is 11.8 Å². The van der Waals surface area contributed by atoms with Crippen molar-refractivity contribution >= 4 is 11.6 Å². The minimum Gasteiger partial charge on any atom is -0.303 e. The number of nitrogens with zero attached hydrogens (tertiary/aromatic N) is 2. The molecule has 0 spiro atoms. The predicted molar refractivity (Wildman–Crippen MR) is 62.7 cm³/mol. The summed E-state index contributed by atoms with van der Waals surface area (Å²) in [5, 5.41) is 4.19. The Morgan fingerprint density at radius 1 is 1.22 bits per heavy atom. The topological polar surface area (TPSA) is 34.4 Å². The van der Waals surface area contributed by atoms with E-state index in [1.165, 1.54) is 11.0 Å². The smallest absolute Gasteiger partial charge is 0.303 e. The second kappa shape index (κ2) is 4.02. The number of amides is 1. The van der Waals surface area contributed by atoms with E-state index in [0.717, 1.165) is 0 Å². The van der Waals surface area contributed by atoms with Crippen LogP contribution in [0.3, 0.4) is 0 Å². The largest absolute Gasteiger partial charge is 0.352 e. The first-order chi connectivity index (χ1) is 8.62. The lowest BCUT2D eigenvalue weighted by molar-refractivity contribution is -0.142. The zero-order valence-corrected chi connectivity index (χ0v) is 9.77. The van der Waals surface area contributed by atoms with Crippen molar-refractivity contribution in [3.63, 3.8) is 0 Å². The monoisotopic (exact) mass is 251 g/mol. The van der Waals surface area contributed by atoms with Gasteiger partial charge in [-0.3, -0.25) is 4.79 Å². The average molecular weight is 251 g/mol. The molecule has 2 aliphatic rings. The lowest BCUT2D eigenvalue weighted by atomic mass is 10.0. The molecule has 0 aromatic heterocycles. The van der Waals surface area contributed by atoms with E-state index in [-0.39, 0.29) is 11.6 Å². The van der Waals surface area contributed by atoms with Gasteiger partial charge in [0, 0.05) is 19.1 Å². The summed E-state index contributed by atoms with van der Waals surface area (Å²) < 4.78 is 27.8. The minimum atomic E-state index is -3.38. The Morgan fingerprint density at radius 2 is 1.89 bits per heavy atom. The molecule has 0 N–H and O–H groups in total. The number of hydrogen-bond donors (Lipinski definition) is 0. The first-order valence-electron chi connectivity index (χ1n) is 6.06. The normalized spacial score (nSPS) is 23.2. The van der Waals surface area contributed by atoms with Crippen LogP contribution in [-0.2, 0) is 10.7 Å². The maximum absolute atomic E-state index is 13.9. The summed E-state index contributed by atoms with van der Waals surface area (Å²) in [5.74, 6) is -4.47. The Kier molecular flexibility index (Phi) is 2.59. The average Bonchev–Trinajstić information content (AvgIpc) is 2.60. The van der Waals surface area contributed by atoms with Crippen molar-refractivity contribution in [1.29, 1.82) is 0 Å². The highest BCUT2D eigenvalue weighted by Gasteiger charge is 2.54. The molecule has 1 aromatic rings. The van der Waals surface area contributed by atoms with Crippen LogP contribution in [0.2, 0.25) is 0 Å². The van der Waals surface area contributed by atoms with E-state index >= 15 is 0 Å². The summed E-state index contributed by atoms with van der Waals surface area (Å²) >= 11 is 0. The number of hydrogen-bond acceptors (Lipinski definition) is 1. The molecule has 1 amide bonds. The molecule has 0 unspecified atom stereocenters. The minimum absolute atomic E-state index is 0.149. The van der Waals surface area contributed by atoms with Crippen molar-refractivity contribution in [2.75, 3.05) is 18.0 Å². The van der Waals surface area contributed by atoms with Crippen molar-refractivity contribution < 1.29 is 13.6 Å². The second-order valence-electron chi connectivity index (χ2n) is 4.67. The van der Waals surface area contributed by atoms with E-state index in [9.17, 15) is 13.6 Å². The number of para-hydroxylation sites is 1. The number of anilines is 1. The molecule has 0 atom stereocenters. The molecule has 18 heavy (non-hydrogen) atoms. The van der Waals surface area contributed by atoms with Crippen molar-refractivity contribution in [1.82, 2.24) is 5.32 Å². The number of halogens is 2. The van der Waals surface area contributed by atoms with Crippen LogP contribution in [0.5, 0.6) is 0 Å². The van der Waals surface area contributed by atoms with Crippen LogP contribution in [-0.4, -0.2) is 25.0 Å². The van der Waals surface area contributed by atoms with Crippen molar-refractivity contribution in [3.8, 4) is 0 Å². The summed E-state index contributed by atoms with van der Waals surface area (Å²) in [6.45, 7) is 1.28. The summed E-state index contributed by atoms with van der Waals surface area (Å²) in [7, 11) is 0. The van der Waals surface area contributed by atoms with Crippen molar-refractivity contribution in [2.45, 2.75) is 24.8 Å². The predicted octanol–water partition coefficient (Wildman–Crippen LogP) is 1.89. The molecule has 95 valence electrons. The van der Waals surface area contributed by atoms with Crippen LogP contribution in [0, 0.1) is 0 Å². The second-order valence-corrected chi connectivity index (χ2v) is 4.67. The Hall–Kier alpha value is -1.49. The number of fused-ring (bicyclic) bond motifs is 1. The number of alkyl halides is 2. The Balaban J connectivity index is 2.03. The molecule has 1 saturated heterocycles. The molecule has 1 radical (unpaired) electrons. The van der Waals surface area contributed by atoms with Gasteiger partial charge in [-0.05, 0) is 18.9 Å². The van der Waals surface area contributed by atoms with Crippen LogP contribution >= 0.6 is 0 Å². The third-order valence-corrected chi connectivity index (χ3v) is 3.60. The van der Waals surface area contributed by atoms with E-state index in [4.69, 9.17) is 0 Å². The van der Waals surface area contributed by atoms with Gasteiger partial charge in [-0.2, -0.15) is 8.78 Å². The first kappa shape index (κ1) is 11.6. The van der Waals surface area contributed by atoms with Gasteiger partial charge < -0.3 is 4.90 Å². The van der Waals surface area contributed by atoms with Gasteiger partial charge in [-0.15, -0.1) is 0 Å². The fourth-order valence-corrected chi connectivity index (χ4v) is 2.68. The molecule has 1 fully saturated rings. The highest BCUT2D eigenvalue weighted by Crippen LogP contribution is 2.45. The first-order valence-corrected chi connectivity index (χ1v) is 6.06. The highest BCUT2D eigenvalue weighted by atomic mass is 19.3. The maximum atomic E-state index is 13.9. The van der Waals surface area contributed by atoms with E-state index in [1.807, 2.05) is 0 Å². The molecular weight excluding hydrogens is 238 g/mol. The Bertz CT molecular complexity index is 484. The Morgan fingerprint density at radius 3 is 2.61 bits per heavy atom. The molecule has 2 aliphatic heterocycles. The van der Waals surface area contributed by atoms with E-state index in [0.29, 0.717) is 31.6 Å². The number of carbonyl (C=O) groups is 1. The van der Waals surface area contributed by atoms with Gasteiger partial charge in [0.1, 0.15) is 0 Å². The summed E-state index contributed by atoms with van der Waals surface area (Å²) in [6, 6.07) is 6.01. The molecule has 3 rings (SSSR count). The SMILES string of the molecule is O=C1N(C2CC[N]CC2)c2ccccc2C1(F)F. The third-order valence-electron chi connectivity index (χ3n) is 3.60. The van der Waals surface area contributed by atoms with Gasteiger partial charge in [-0.1, -0.05) is 18.2 Å². The summed E-state index contributed by atoms with van der Waals surface area (Å²) in [4.78, 5) is 13.2. The van der Waals surface area contributed by atoms with Crippen LogP contribution in [0.4, 0.5) is 14.5 Å². The van der Waals surface area contributed by atoms with Gasteiger partial charge in [0.15, 0.2) is 0 Å². The molecular formula is C13H13F2N2O. The molecule has 0 saturated carbocycles. The maximum Gasteiger partial charge on any atom is 0.352 e. The van der Waals surface area contributed by atoms with Crippen molar-refractivity contribution in [2.24, 2.45) is 0 Å². The van der Waals surface area contributed by atoms with Crippen molar-refractivity contribution in [3.05, 3.63) is 29.8 Å². The standard InChI is InChI=1S/C13H13F2N2O/c14-13(15)10-3-1-2-4-11(10)17(12(13)18)9-5-7-16-8-6-9/h1-4,9H,5-8H2. The molecule has 2 heterocycles. The van der Waals surface area contributed by atoms with Gasteiger partial charge in [-0.25, -0.2) is 5.32 Å². The van der Waals surface area contributed by atoms with Crippen LogP contribution in [0.15, 0.2) is 24.3 Å². The third kappa shape index (κ3) is 1.54. The van der Waals surface area contributed by atoms with Gasteiger partial charge in [0.05, 0.1) is 11.3 Å². The highest BCUT2D eigenvalue weighted by molar-refractivity contribution is 6.06. The van der Waals surface area contributed by atoms with E-state index in [2.05, 4.69) is 5.32 Å². The fraction of sp³-hybridized carbons (Fsp3) is 0.462. The van der Waals surface area contributed by atoms with Gasteiger partial charge in [0.25, 0.3) is 0 Å². The molecule has 5 heteroatoms. The van der Waals surface area contributed by atoms with E-state index in [1.54, 1.807) is 18.2 Å². The molecule has 0 aliphatic carbocycles. The molecule has 1 aromatic carbocycles. The number of carbonyl (C=O) groups excluding carboxylic acids is 1. The summed E-state index contributed by atoms with van der Waals surface area (Å²) in [6.07, 6.45) is 1.33. The fourth-order valence-electron chi connectivity index (χ4n) is 2.68. The van der Waals surface area contributed by atoms with Crippen LogP contribution < -0.4 is 10.2 Å². The Labute approximate surface area is 104 Å². The molecule has 0 bridgehead atoms. The molecule has 3 nitrogen and oxygen atoms in total.